The van der Waals surface area contributed by atoms with Gasteiger partial charge in [0.05, 0.1) is 18.4 Å². The lowest BCUT2D eigenvalue weighted by atomic mass is 10.1. The number of carbonyl (C=O) groups excluding carboxylic acids is 3. The van der Waals surface area contributed by atoms with E-state index in [0.717, 1.165) is 16.8 Å². The van der Waals surface area contributed by atoms with E-state index in [1.807, 2.05) is 52.0 Å². The number of aromatic nitrogens is 3. The molecule has 34 heavy (non-hydrogen) atoms. The van der Waals surface area contributed by atoms with E-state index in [9.17, 15) is 14.4 Å². The molecule has 1 aromatic carbocycles. The summed E-state index contributed by atoms with van der Waals surface area (Å²) >= 11 is 0. The van der Waals surface area contributed by atoms with Crippen LogP contribution in [0.4, 0.5) is 5.69 Å². The van der Waals surface area contributed by atoms with E-state index in [0.29, 0.717) is 11.5 Å². The molecule has 1 N–H and O–H groups in total. The van der Waals surface area contributed by atoms with Gasteiger partial charge in [0.25, 0.3) is 5.91 Å². The summed E-state index contributed by atoms with van der Waals surface area (Å²) in [6.07, 6.45) is 3.06. The largest absolute Gasteiger partial charge is 0.452 e. The van der Waals surface area contributed by atoms with Gasteiger partial charge in [-0.25, -0.2) is 14.5 Å². The molecule has 2 heterocycles. The van der Waals surface area contributed by atoms with Crippen molar-refractivity contribution in [1.82, 2.24) is 19.7 Å². The number of hydrogen-bond acceptors (Lipinski definition) is 6. The second kappa shape index (κ2) is 10.7. The number of anilines is 1. The van der Waals surface area contributed by atoms with Crippen molar-refractivity contribution >= 4 is 23.5 Å². The number of ether oxygens (including phenoxy) is 1. The van der Waals surface area contributed by atoms with Gasteiger partial charge in [0.2, 0.25) is 5.91 Å². The van der Waals surface area contributed by atoms with Crippen molar-refractivity contribution in [2.75, 3.05) is 25.5 Å². The van der Waals surface area contributed by atoms with E-state index in [4.69, 9.17) is 4.74 Å². The maximum absolute atomic E-state index is 12.7. The fraction of sp³-hybridized carbons (Fsp3) is 0.320. The van der Waals surface area contributed by atoms with Crippen LogP contribution in [0.1, 0.15) is 46.9 Å². The highest BCUT2D eigenvalue weighted by Crippen LogP contribution is 2.23. The topological polar surface area (TPSA) is 106 Å². The second-order valence-electron chi connectivity index (χ2n) is 8.34. The summed E-state index contributed by atoms with van der Waals surface area (Å²) in [5, 5.41) is 7.13. The number of hydrogen-bond donors (Lipinski definition) is 1. The van der Waals surface area contributed by atoms with Crippen molar-refractivity contribution in [2.24, 2.45) is 0 Å². The Morgan fingerprint density at radius 3 is 2.41 bits per heavy atom. The van der Waals surface area contributed by atoms with Gasteiger partial charge >= 0.3 is 5.97 Å². The minimum absolute atomic E-state index is 0.0426. The summed E-state index contributed by atoms with van der Waals surface area (Å²) < 4.78 is 6.84. The summed E-state index contributed by atoms with van der Waals surface area (Å²) in [7, 11) is 1.49. The summed E-state index contributed by atoms with van der Waals surface area (Å²) in [4.78, 5) is 43.1. The van der Waals surface area contributed by atoms with E-state index < -0.39 is 18.5 Å². The number of para-hydroxylation sites is 1. The Morgan fingerprint density at radius 1 is 1.09 bits per heavy atom. The Balaban J connectivity index is 1.61. The fourth-order valence-corrected chi connectivity index (χ4v) is 3.54. The Bertz CT molecular complexity index is 1170. The van der Waals surface area contributed by atoms with Crippen LogP contribution in [0.3, 0.4) is 0 Å². The number of nitrogens with zero attached hydrogens (tertiary/aromatic N) is 4. The third-order valence-electron chi connectivity index (χ3n) is 5.32. The first-order valence-electron chi connectivity index (χ1n) is 11.0. The van der Waals surface area contributed by atoms with Gasteiger partial charge in [-0.3, -0.25) is 9.59 Å². The van der Waals surface area contributed by atoms with Crippen molar-refractivity contribution in [3.8, 4) is 5.82 Å². The van der Waals surface area contributed by atoms with Gasteiger partial charge in [-0.2, -0.15) is 5.10 Å². The molecule has 0 radical (unpaired) electrons. The number of aryl methyl sites for hydroxylation is 2. The van der Waals surface area contributed by atoms with Crippen molar-refractivity contribution in [3.05, 3.63) is 71.2 Å². The Hall–Kier alpha value is -4.01. The highest BCUT2D eigenvalue weighted by molar-refractivity contribution is 5.96. The molecule has 0 unspecified atom stereocenters. The number of carbonyl (C=O) groups is 3. The van der Waals surface area contributed by atoms with Crippen LogP contribution in [0.5, 0.6) is 0 Å². The molecule has 0 spiro atoms. The molecule has 3 aromatic rings. The molecule has 0 bridgehead atoms. The number of rotatable bonds is 8. The van der Waals surface area contributed by atoms with Crippen LogP contribution in [0.2, 0.25) is 0 Å². The molecule has 0 fully saturated rings. The molecule has 2 aromatic heterocycles. The number of nitrogens with one attached hydrogen (secondary N) is 1. The molecule has 0 aliphatic carbocycles. The molecular formula is C25H29N5O4. The third-order valence-corrected chi connectivity index (χ3v) is 5.32. The predicted octanol–water partition coefficient (Wildman–Crippen LogP) is 3.26. The lowest BCUT2D eigenvalue weighted by molar-refractivity contribution is -0.136. The predicted molar refractivity (Wildman–Crippen MR) is 128 cm³/mol. The molecule has 9 heteroatoms. The Morgan fingerprint density at radius 2 is 1.79 bits per heavy atom. The highest BCUT2D eigenvalue weighted by atomic mass is 16.5. The van der Waals surface area contributed by atoms with Gasteiger partial charge in [-0.05, 0) is 43.0 Å². The zero-order valence-corrected chi connectivity index (χ0v) is 20.0. The minimum atomic E-state index is -0.660. The van der Waals surface area contributed by atoms with Gasteiger partial charge < -0.3 is 15.0 Å². The molecule has 0 saturated heterocycles. The summed E-state index contributed by atoms with van der Waals surface area (Å²) in [6.45, 7) is 7.01. The highest BCUT2D eigenvalue weighted by Gasteiger charge is 2.24. The number of likely N-dealkylation sites (N-methyl/N-ethyl adjacent to an activating group) is 1. The maximum Gasteiger partial charge on any atom is 0.342 e. The zero-order valence-electron chi connectivity index (χ0n) is 20.0. The van der Waals surface area contributed by atoms with Crippen LogP contribution >= 0.6 is 0 Å². The normalized spacial score (nSPS) is 10.8. The molecule has 178 valence electrons. The summed E-state index contributed by atoms with van der Waals surface area (Å²) in [6, 6.07) is 11.1. The minimum Gasteiger partial charge on any atom is -0.452 e. The first kappa shape index (κ1) is 24.6. The molecular weight excluding hydrogens is 434 g/mol. The zero-order chi connectivity index (χ0) is 24.8. The fourth-order valence-electron chi connectivity index (χ4n) is 3.54. The molecule has 0 aliphatic heterocycles. The van der Waals surface area contributed by atoms with Crippen molar-refractivity contribution < 1.29 is 19.1 Å². The SMILES string of the molecule is Cc1cccc(C)c1NC(=O)CN(C)C(=O)COC(=O)c1cnn(-c2ccccn2)c1C(C)C. The Labute approximate surface area is 198 Å². The smallest absolute Gasteiger partial charge is 0.342 e. The van der Waals surface area contributed by atoms with Crippen molar-refractivity contribution in [1.29, 1.82) is 0 Å². The van der Waals surface area contributed by atoms with Gasteiger partial charge in [-0.15, -0.1) is 0 Å². The van der Waals surface area contributed by atoms with Crippen molar-refractivity contribution in [2.45, 2.75) is 33.6 Å². The lowest BCUT2D eigenvalue weighted by Gasteiger charge is -2.18. The molecule has 2 amide bonds. The molecule has 3 rings (SSSR count). The van der Waals surface area contributed by atoms with E-state index in [2.05, 4.69) is 15.4 Å². The molecule has 9 nitrogen and oxygen atoms in total. The van der Waals surface area contributed by atoms with Gasteiger partial charge in [-0.1, -0.05) is 38.1 Å². The summed E-state index contributed by atoms with van der Waals surface area (Å²) in [5.74, 6) is -0.950. The van der Waals surface area contributed by atoms with Crippen molar-refractivity contribution in [3.63, 3.8) is 0 Å². The first-order valence-corrected chi connectivity index (χ1v) is 11.0. The van der Waals surface area contributed by atoms with Crippen LogP contribution < -0.4 is 5.32 Å². The quantitative estimate of drug-likeness (QED) is 0.514. The monoisotopic (exact) mass is 463 g/mol. The van der Waals surface area contributed by atoms with Crippen LogP contribution in [0, 0.1) is 13.8 Å². The van der Waals surface area contributed by atoms with E-state index in [1.54, 1.807) is 23.0 Å². The summed E-state index contributed by atoms with van der Waals surface area (Å²) in [5.41, 5.74) is 3.50. The van der Waals surface area contributed by atoms with Gasteiger partial charge in [0, 0.05) is 18.9 Å². The lowest BCUT2D eigenvalue weighted by Crippen LogP contribution is -2.37. The van der Waals surface area contributed by atoms with Gasteiger partial charge in [0.1, 0.15) is 5.56 Å². The number of pyridine rings is 1. The standard InChI is InChI=1S/C25H29N5O4/c1-16(2)24-19(13-27-30(24)20-11-6-7-12-26-20)25(33)34-15-22(32)29(5)14-21(31)28-23-17(3)9-8-10-18(23)4/h6-13,16H,14-15H2,1-5H3,(H,28,31). The Kier molecular flexibility index (Phi) is 7.78. The molecule has 0 aliphatic rings. The second-order valence-corrected chi connectivity index (χ2v) is 8.34. The van der Waals surface area contributed by atoms with E-state index in [1.165, 1.54) is 18.1 Å². The van der Waals surface area contributed by atoms with Crippen LogP contribution in [0.15, 0.2) is 48.8 Å². The van der Waals surface area contributed by atoms with Crippen LogP contribution in [-0.4, -0.2) is 57.6 Å². The molecule has 0 atom stereocenters. The average molecular weight is 464 g/mol. The first-order chi connectivity index (χ1) is 16.2. The van der Waals surface area contributed by atoms with E-state index >= 15 is 0 Å². The maximum atomic E-state index is 12.7. The number of esters is 1. The number of benzene rings is 1. The van der Waals surface area contributed by atoms with Crippen LogP contribution in [0.25, 0.3) is 5.82 Å². The van der Waals surface area contributed by atoms with Crippen LogP contribution in [-0.2, 0) is 14.3 Å². The third kappa shape index (κ3) is 5.67. The van der Waals surface area contributed by atoms with Gasteiger partial charge in [0.15, 0.2) is 12.4 Å². The average Bonchev–Trinajstić information content (AvgIpc) is 3.26. The molecule has 0 saturated carbocycles. The van der Waals surface area contributed by atoms with E-state index in [-0.39, 0.29) is 23.9 Å². The number of amides is 2.